The predicted molar refractivity (Wildman–Crippen MR) is 227 cm³/mol. The summed E-state index contributed by atoms with van der Waals surface area (Å²) in [6.45, 7) is 7.39. The molecule has 1 aromatic heterocycles. The van der Waals surface area contributed by atoms with E-state index in [-0.39, 0.29) is 24.4 Å². The molecule has 3 aliphatic heterocycles. The topological polar surface area (TPSA) is 245 Å². The van der Waals surface area contributed by atoms with E-state index < -0.39 is 104 Å². The minimum Gasteiger partial charge on any atom is -0.480 e. The van der Waals surface area contributed by atoms with Crippen LogP contribution in [0.15, 0.2) is 71.9 Å². The number of hydrogen-bond acceptors (Lipinski definition) is 10. The van der Waals surface area contributed by atoms with Gasteiger partial charge in [-0.25, -0.2) is 8.42 Å². The van der Waals surface area contributed by atoms with Crippen molar-refractivity contribution in [2.45, 2.75) is 88.1 Å². The van der Waals surface area contributed by atoms with E-state index in [1.165, 1.54) is 12.4 Å². The molecule has 4 heterocycles. The van der Waals surface area contributed by atoms with E-state index >= 15 is 0 Å². The lowest BCUT2D eigenvalue weighted by Gasteiger charge is -2.44. The summed E-state index contributed by atoms with van der Waals surface area (Å²) in [6, 6.07) is 6.99. The van der Waals surface area contributed by atoms with E-state index in [1.54, 1.807) is 61.9 Å². The lowest BCUT2D eigenvalue weighted by molar-refractivity contribution is -0.139. The third-order valence-corrected chi connectivity index (χ3v) is 12.7. The van der Waals surface area contributed by atoms with Crippen LogP contribution in [-0.4, -0.2) is 109 Å². The quantitative estimate of drug-likeness (QED) is 0.0978. The Hall–Kier alpha value is -5.64. The number of amides is 5. The second-order valence-electron chi connectivity index (χ2n) is 16.7. The molecule has 7 N–H and O–H groups in total. The van der Waals surface area contributed by atoms with Crippen LogP contribution in [-0.2, 0) is 46.6 Å². The second-order valence-corrected chi connectivity index (χ2v) is 18.9. The summed E-state index contributed by atoms with van der Waals surface area (Å²) < 4.78 is 67.4. The van der Waals surface area contributed by atoms with Crippen molar-refractivity contribution in [1.29, 1.82) is 0 Å². The lowest BCUT2D eigenvalue weighted by Crippen LogP contribution is -2.57. The van der Waals surface area contributed by atoms with Gasteiger partial charge in [0.1, 0.15) is 18.1 Å². The summed E-state index contributed by atoms with van der Waals surface area (Å²) in [6.07, 6.45) is -1.32. The number of piperidine rings is 3. The molecule has 2 aromatic carbocycles. The molecule has 2 bridgehead atoms. The molecule has 6 rings (SSSR count). The number of rotatable bonds is 18. The number of aromatic nitrogens is 1. The Bertz CT molecular complexity index is 2310. The number of carbonyl (C=O) groups excluding carboxylic acids is 5. The van der Waals surface area contributed by atoms with Gasteiger partial charge in [-0.05, 0) is 104 Å². The first-order valence-corrected chi connectivity index (χ1v) is 22.2. The maximum Gasteiger partial charge on any atom is 0.417 e. The number of nitrogens with one attached hydrogen (secondary N) is 6. The number of halogens is 4. The molecule has 0 radical (unpaired) electrons. The van der Waals surface area contributed by atoms with E-state index in [9.17, 15) is 55.5 Å². The average Bonchev–Trinajstić information content (AvgIpc) is 3.23. The van der Waals surface area contributed by atoms with Gasteiger partial charge in [-0.15, -0.1) is 0 Å². The first-order chi connectivity index (χ1) is 30.0. The molecule has 22 heteroatoms. The van der Waals surface area contributed by atoms with Crippen LogP contribution < -0.4 is 31.3 Å². The fourth-order valence-corrected chi connectivity index (χ4v) is 8.82. The van der Waals surface area contributed by atoms with Crippen LogP contribution in [0.1, 0.15) is 67.9 Å². The maximum absolute atomic E-state index is 13.9. The Kier molecular flexibility index (Phi) is 16.1. The number of carbonyl (C=O) groups is 6. The maximum atomic E-state index is 13.9. The Morgan fingerprint density at radius 2 is 1.55 bits per heavy atom. The molecular weight excluding hydrogens is 885 g/mol. The number of carboxylic acid groups (broad SMARTS) is 1. The molecular formula is C42H50ClF3N8O9S. The minimum atomic E-state index is -5.00. The SMILES string of the molecule is CC(C)(C)[C@H](NC(=O)[C@H](Cc1ccncc1)NC(=O)CNC(=O)CC[C@H](NS(=O)(=O)c1ccc(Cl)c(C(F)(F)F)c1)C(=O)O)C(=O)Nc1ccc(C(=O)NC2CN3CCC2CC3)cc1. The number of nitrogens with zero attached hydrogens (tertiary/aromatic N) is 2. The standard InChI is InChI=1S/C42H50ClF3N8O9S/c1-41(2,3)36(39(59)49-27-6-4-26(5-7-27)37(57)51-33-23-54-18-14-25(33)15-19-54)52-38(58)32(20-24-12-16-47-17-13-24)50-35(56)22-48-34(55)11-10-31(40(60)61)53-64(62,63)28-8-9-30(43)29(21-28)42(44,45)46/h4-9,12-13,16-17,21,25,31-33,36,53H,10-11,14-15,18-20,22-23H2,1-3H3,(H,48,55)(H,49,59)(H,50,56)(H,51,57)(H,52,58)(H,60,61)/t31-,32-,33?,36+/m0/s1. The lowest BCUT2D eigenvalue weighted by atomic mass is 9.84. The molecule has 0 spiro atoms. The first kappa shape index (κ1) is 49.4. The molecule has 4 atom stereocenters. The van der Waals surface area contributed by atoms with E-state index in [1.807, 2.05) is 0 Å². The van der Waals surface area contributed by atoms with Crippen molar-refractivity contribution >= 4 is 62.8 Å². The highest BCUT2D eigenvalue weighted by molar-refractivity contribution is 7.89. The van der Waals surface area contributed by atoms with Gasteiger partial charge in [0, 0.05) is 49.1 Å². The molecule has 346 valence electrons. The number of alkyl halides is 3. The normalized spacial score (nSPS) is 18.8. The molecule has 3 aliphatic rings. The van der Waals surface area contributed by atoms with Crippen molar-refractivity contribution < 1.29 is 55.5 Å². The number of fused-ring (bicyclic) bond motifs is 3. The van der Waals surface area contributed by atoms with Gasteiger partial charge >= 0.3 is 12.1 Å². The summed E-state index contributed by atoms with van der Waals surface area (Å²) in [4.78, 5) is 83.7. The van der Waals surface area contributed by atoms with E-state index in [2.05, 4.69) is 36.5 Å². The number of pyridine rings is 1. The summed E-state index contributed by atoms with van der Waals surface area (Å²) >= 11 is 5.56. The van der Waals surface area contributed by atoms with Crippen LogP contribution in [0.25, 0.3) is 0 Å². The molecule has 1 unspecified atom stereocenters. The van der Waals surface area contributed by atoms with E-state index in [0.717, 1.165) is 38.5 Å². The van der Waals surface area contributed by atoms with Gasteiger partial charge in [0.05, 0.1) is 22.0 Å². The van der Waals surface area contributed by atoms with Crippen molar-refractivity contribution in [2.75, 3.05) is 31.5 Å². The zero-order valence-electron chi connectivity index (χ0n) is 35.1. The smallest absolute Gasteiger partial charge is 0.417 e. The fourth-order valence-electron chi connectivity index (χ4n) is 7.35. The molecule has 64 heavy (non-hydrogen) atoms. The van der Waals surface area contributed by atoms with Crippen LogP contribution in [0.3, 0.4) is 0 Å². The second kappa shape index (κ2) is 20.9. The Morgan fingerprint density at radius 1 is 0.891 bits per heavy atom. The van der Waals surface area contributed by atoms with Crippen molar-refractivity contribution in [3.63, 3.8) is 0 Å². The number of aliphatic carboxylic acids is 1. The largest absolute Gasteiger partial charge is 0.480 e. The highest BCUT2D eigenvalue weighted by Crippen LogP contribution is 2.36. The molecule has 5 amide bonds. The van der Waals surface area contributed by atoms with Gasteiger partial charge in [-0.2, -0.15) is 17.9 Å². The molecule has 0 saturated carbocycles. The molecule has 3 fully saturated rings. The molecule has 17 nitrogen and oxygen atoms in total. The molecule has 3 saturated heterocycles. The van der Waals surface area contributed by atoms with Gasteiger partial charge in [-0.1, -0.05) is 32.4 Å². The monoisotopic (exact) mass is 934 g/mol. The van der Waals surface area contributed by atoms with Crippen molar-refractivity contribution in [1.82, 2.24) is 35.9 Å². The van der Waals surface area contributed by atoms with Gasteiger partial charge in [0.25, 0.3) is 5.91 Å². The number of sulfonamides is 1. The predicted octanol–water partition coefficient (Wildman–Crippen LogP) is 3.10. The van der Waals surface area contributed by atoms with Crippen LogP contribution in [0.4, 0.5) is 18.9 Å². The Labute approximate surface area is 372 Å². The van der Waals surface area contributed by atoms with Crippen LogP contribution in [0.5, 0.6) is 0 Å². The number of benzene rings is 2. The van der Waals surface area contributed by atoms with Crippen molar-refractivity contribution in [3.05, 3.63) is 88.7 Å². The molecule has 0 aliphatic carbocycles. The average molecular weight is 935 g/mol. The fraction of sp³-hybridized carbons (Fsp3) is 0.452. The zero-order valence-corrected chi connectivity index (χ0v) is 36.7. The Balaban J connectivity index is 1.17. The van der Waals surface area contributed by atoms with Gasteiger partial charge in [-0.3, -0.25) is 33.8 Å². The number of carboxylic acids is 1. The highest BCUT2D eigenvalue weighted by atomic mass is 35.5. The summed E-state index contributed by atoms with van der Waals surface area (Å²) in [7, 11) is -4.84. The molecule has 3 aromatic rings. The third-order valence-electron chi connectivity index (χ3n) is 10.9. The van der Waals surface area contributed by atoms with Crippen LogP contribution in [0.2, 0.25) is 5.02 Å². The summed E-state index contributed by atoms with van der Waals surface area (Å²) in [5, 5.41) is 22.3. The van der Waals surface area contributed by atoms with Crippen LogP contribution in [0, 0.1) is 11.3 Å². The van der Waals surface area contributed by atoms with Gasteiger partial charge < -0.3 is 36.6 Å². The number of anilines is 1. The van der Waals surface area contributed by atoms with Gasteiger partial charge in [0.15, 0.2) is 0 Å². The zero-order chi connectivity index (χ0) is 47.0. The van der Waals surface area contributed by atoms with Gasteiger partial charge in [0.2, 0.25) is 33.7 Å². The first-order valence-electron chi connectivity index (χ1n) is 20.3. The minimum absolute atomic E-state index is 0.0613. The number of hydrogen-bond donors (Lipinski definition) is 7. The third kappa shape index (κ3) is 13.7. The van der Waals surface area contributed by atoms with E-state index in [0.29, 0.717) is 28.8 Å². The van der Waals surface area contributed by atoms with Crippen molar-refractivity contribution in [3.8, 4) is 0 Å². The summed E-state index contributed by atoms with van der Waals surface area (Å²) in [5.74, 6) is -4.56. The Morgan fingerprint density at radius 3 is 2.12 bits per heavy atom. The van der Waals surface area contributed by atoms with Crippen LogP contribution >= 0.6 is 11.6 Å². The highest BCUT2D eigenvalue weighted by Gasteiger charge is 2.38. The van der Waals surface area contributed by atoms with E-state index in [4.69, 9.17) is 11.6 Å². The summed E-state index contributed by atoms with van der Waals surface area (Å²) in [5.41, 5.74) is -0.919. The van der Waals surface area contributed by atoms with Crippen molar-refractivity contribution in [2.24, 2.45) is 11.3 Å².